The number of piperazine rings is 1. The Hall–Kier alpha value is -2.83. The van der Waals surface area contributed by atoms with Crippen molar-refractivity contribution in [3.8, 4) is 17.4 Å². The third-order valence-electron chi connectivity index (χ3n) is 5.43. The maximum absolute atomic E-state index is 12.6. The average Bonchev–Trinajstić information content (AvgIpc) is 2.77. The summed E-state index contributed by atoms with van der Waals surface area (Å²) in [5.41, 5.74) is 0. The van der Waals surface area contributed by atoms with Gasteiger partial charge in [0, 0.05) is 38.2 Å². The molecule has 162 valence electrons. The van der Waals surface area contributed by atoms with Crippen molar-refractivity contribution in [2.45, 2.75) is 52.0 Å². The van der Waals surface area contributed by atoms with E-state index in [-0.39, 0.29) is 11.9 Å². The van der Waals surface area contributed by atoms with E-state index in [1.54, 1.807) is 7.11 Å². The number of carbonyl (C=O) groups is 1. The highest BCUT2D eigenvalue weighted by Gasteiger charge is 2.28. The SMILES string of the molecule is CCCCCCC(=O)N1CCN(c2cc(Oc3ccccc3OC)ncn2)C[C@H]1C. The normalized spacial score (nSPS) is 16.4. The van der Waals surface area contributed by atoms with E-state index in [0.717, 1.165) is 31.7 Å². The highest BCUT2D eigenvalue weighted by Crippen LogP contribution is 2.31. The Balaban J connectivity index is 1.60. The van der Waals surface area contributed by atoms with Crippen LogP contribution in [-0.2, 0) is 4.79 Å². The first-order chi connectivity index (χ1) is 14.6. The quantitative estimate of drug-likeness (QED) is 0.573. The van der Waals surface area contributed by atoms with E-state index in [2.05, 4.69) is 28.7 Å². The van der Waals surface area contributed by atoms with E-state index in [9.17, 15) is 4.79 Å². The summed E-state index contributed by atoms with van der Waals surface area (Å²) in [6, 6.07) is 9.45. The fraction of sp³-hybridized carbons (Fsp3) is 0.522. The van der Waals surface area contributed by atoms with Crippen molar-refractivity contribution in [1.82, 2.24) is 14.9 Å². The van der Waals surface area contributed by atoms with Gasteiger partial charge in [-0.25, -0.2) is 9.97 Å². The zero-order valence-electron chi connectivity index (χ0n) is 18.2. The molecule has 1 aliphatic rings. The Kier molecular flexibility index (Phi) is 7.88. The van der Waals surface area contributed by atoms with Gasteiger partial charge in [-0.15, -0.1) is 0 Å². The van der Waals surface area contributed by atoms with Crippen molar-refractivity contribution >= 4 is 11.7 Å². The van der Waals surface area contributed by atoms with Crippen LogP contribution in [0, 0.1) is 0 Å². The van der Waals surface area contributed by atoms with Crippen LogP contribution in [0.15, 0.2) is 36.7 Å². The second-order valence-corrected chi connectivity index (χ2v) is 7.66. The molecule has 0 aliphatic carbocycles. The summed E-state index contributed by atoms with van der Waals surface area (Å²) in [6.07, 6.45) is 6.65. The molecule has 0 saturated carbocycles. The number of rotatable bonds is 9. The van der Waals surface area contributed by atoms with Gasteiger partial charge < -0.3 is 19.3 Å². The number of ether oxygens (including phenoxy) is 2. The van der Waals surface area contributed by atoms with E-state index in [1.165, 1.54) is 19.2 Å². The van der Waals surface area contributed by atoms with Gasteiger partial charge in [0.15, 0.2) is 11.5 Å². The minimum Gasteiger partial charge on any atom is -0.493 e. The minimum atomic E-state index is 0.144. The number of amides is 1. The first kappa shape index (κ1) is 21.9. The molecule has 1 fully saturated rings. The fourth-order valence-electron chi connectivity index (χ4n) is 3.76. The standard InChI is InChI=1S/C23H32N4O3/c1-4-5-6-7-12-23(28)27-14-13-26(16-18(27)2)21-15-22(25-17-24-21)30-20-11-9-8-10-19(20)29-3/h8-11,15,17-18H,4-7,12-14,16H2,1-3H3/t18-/m1/s1. The van der Waals surface area contributed by atoms with Crippen molar-refractivity contribution in [3.05, 3.63) is 36.7 Å². The number of hydrogen-bond acceptors (Lipinski definition) is 6. The lowest BCUT2D eigenvalue weighted by atomic mass is 10.1. The van der Waals surface area contributed by atoms with Crippen molar-refractivity contribution in [1.29, 1.82) is 0 Å². The lowest BCUT2D eigenvalue weighted by molar-refractivity contribution is -0.133. The molecule has 1 amide bonds. The van der Waals surface area contributed by atoms with Gasteiger partial charge in [0.1, 0.15) is 12.1 Å². The lowest BCUT2D eigenvalue weighted by Gasteiger charge is -2.40. The summed E-state index contributed by atoms with van der Waals surface area (Å²) in [7, 11) is 1.61. The molecule has 2 heterocycles. The molecule has 0 bridgehead atoms. The number of carbonyl (C=O) groups excluding carboxylic acids is 1. The van der Waals surface area contributed by atoms with E-state index in [1.807, 2.05) is 35.2 Å². The maximum Gasteiger partial charge on any atom is 0.224 e. The smallest absolute Gasteiger partial charge is 0.224 e. The number of benzene rings is 1. The molecule has 0 radical (unpaired) electrons. The van der Waals surface area contributed by atoms with E-state index < -0.39 is 0 Å². The average molecular weight is 413 g/mol. The summed E-state index contributed by atoms with van der Waals surface area (Å²) >= 11 is 0. The van der Waals surface area contributed by atoms with Gasteiger partial charge in [-0.05, 0) is 25.5 Å². The van der Waals surface area contributed by atoms with Crippen LogP contribution in [-0.4, -0.2) is 53.6 Å². The number of para-hydroxylation sites is 2. The molecule has 30 heavy (non-hydrogen) atoms. The second kappa shape index (κ2) is 10.8. The van der Waals surface area contributed by atoms with Gasteiger partial charge >= 0.3 is 0 Å². The van der Waals surface area contributed by atoms with E-state index in [0.29, 0.717) is 30.3 Å². The lowest BCUT2D eigenvalue weighted by Crippen LogP contribution is -2.54. The number of aromatic nitrogens is 2. The molecule has 1 aromatic carbocycles. The third kappa shape index (κ3) is 5.62. The molecule has 2 aromatic rings. The summed E-state index contributed by atoms with van der Waals surface area (Å²) in [4.78, 5) is 25.4. The van der Waals surface area contributed by atoms with Crippen LogP contribution in [0.4, 0.5) is 5.82 Å². The first-order valence-corrected chi connectivity index (χ1v) is 10.8. The zero-order valence-corrected chi connectivity index (χ0v) is 18.2. The van der Waals surface area contributed by atoms with Crippen LogP contribution in [0.25, 0.3) is 0 Å². The minimum absolute atomic E-state index is 0.144. The molecule has 7 nitrogen and oxygen atoms in total. The van der Waals surface area contributed by atoms with E-state index >= 15 is 0 Å². The van der Waals surface area contributed by atoms with Crippen LogP contribution >= 0.6 is 0 Å². The van der Waals surface area contributed by atoms with E-state index in [4.69, 9.17) is 9.47 Å². The third-order valence-corrected chi connectivity index (χ3v) is 5.43. The molecule has 7 heteroatoms. The second-order valence-electron chi connectivity index (χ2n) is 7.66. The van der Waals surface area contributed by atoms with Gasteiger partial charge in [0.2, 0.25) is 11.8 Å². The van der Waals surface area contributed by atoms with Crippen molar-refractivity contribution in [3.63, 3.8) is 0 Å². The molecule has 1 atom stereocenters. The Morgan fingerprint density at radius 1 is 1.13 bits per heavy atom. The maximum atomic E-state index is 12.6. The van der Waals surface area contributed by atoms with Crippen LogP contribution in [0.3, 0.4) is 0 Å². The molecule has 1 saturated heterocycles. The van der Waals surface area contributed by atoms with Gasteiger partial charge in [-0.3, -0.25) is 4.79 Å². The Bertz CT molecular complexity index is 830. The van der Waals surface area contributed by atoms with Crippen LogP contribution in [0.1, 0.15) is 46.0 Å². The largest absolute Gasteiger partial charge is 0.493 e. The number of nitrogens with zero attached hydrogens (tertiary/aromatic N) is 4. The van der Waals surface area contributed by atoms with Crippen LogP contribution < -0.4 is 14.4 Å². The molecule has 0 unspecified atom stereocenters. The highest BCUT2D eigenvalue weighted by molar-refractivity contribution is 5.76. The zero-order chi connectivity index (χ0) is 21.3. The number of hydrogen-bond donors (Lipinski definition) is 0. The molecular weight excluding hydrogens is 380 g/mol. The Labute approximate surface area is 179 Å². The fourth-order valence-corrected chi connectivity index (χ4v) is 3.76. The molecule has 1 aromatic heterocycles. The molecule has 1 aliphatic heterocycles. The van der Waals surface area contributed by atoms with Crippen molar-refractivity contribution in [2.24, 2.45) is 0 Å². The summed E-state index contributed by atoms with van der Waals surface area (Å²) in [6.45, 7) is 6.48. The Morgan fingerprint density at radius 3 is 2.67 bits per heavy atom. The Morgan fingerprint density at radius 2 is 1.93 bits per heavy atom. The van der Waals surface area contributed by atoms with Crippen LogP contribution in [0.2, 0.25) is 0 Å². The molecule has 3 rings (SSSR count). The number of anilines is 1. The van der Waals surface area contributed by atoms with Crippen molar-refractivity contribution in [2.75, 3.05) is 31.6 Å². The van der Waals surface area contributed by atoms with Gasteiger partial charge in [-0.1, -0.05) is 38.3 Å². The summed E-state index contributed by atoms with van der Waals surface area (Å²) in [5, 5.41) is 0. The predicted octanol–water partition coefficient (Wildman–Crippen LogP) is 4.29. The number of methoxy groups -OCH3 is 1. The van der Waals surface area contributed by atoms with Crippen LogP contribution in [0.5, 0.6) is 17.4 Å². The monoisotopic (exact) mass is 412 g/mol. The molecular formula is C23H32N4O3. The summed E-state index contributed by atoms with van der Waals surface area (Å²) < 4.78 is 11.3. The van der Waals surface area contributed by atoms with Gasteiger partial charge in [0.05, 0.1) is 7.11 Å². The molecule has 0 N–H and O–H groups in total. The van der Waals surface area contributed by atoms with Gasteiger partial charge in [-0.2, -0.15) is 0 Å². The van der Waals surface area contributed by atoms with Crippen molar-refractivity contribution < 1.29 is 14.3 Å². The van der Waals surface area contributed by atoms with Gasteiger partial charge in [0.25, 0.3) is 0 Å². The first-order valence-electron chi connectivity index (χ1n) is 10.8. The summed E-state index contributed by atoms with van der Waals surface area (Å²) in [5.74, 6) is 2.79. The topological polar surface area (TPSA) is 67.8 Å². The number of unbranched alkanes of at least 4 members (excludes halogenated alkanes) is 3. The highest BCUT2D eigenvalue weighted by atomic mass is 16.5. The molecule has 0 spiro atoms. The predicted molar refractivity (Wildman–Crippen MR) is 117 cm³/mol.